The van der Waals surface area contributed by atoms with Crippen molar-refractivity contribution in [3.05, 3.63) is 64.5 Å². The zero-order valence-electron chi connectivity index (χ0n) is 20.0. The Kier molecular flexibility index (Phi) is 10.3. The molecule has 3 rings (SSSR count). The van der Waals surface area contributed by atoms with E-state index in [2.05, 4.69) is 25.6 Å². The van der Waals surface area contributed by atoms with Gasteiger partial charge in [-0.1, -0.05) is 65.3 Å². The summed E-state index contributed by atoms with van der Waals surface area (Å²) in [5.74, 6) is 0.864. The van der Waals surface area contributed by atoms with Gasteiger partial charge < -0.3 is 19.3 Å². The molecule has 186 valence electrons. The fraction of sp³-hybridized carbons (Fsp3) is 0.333. The summed E-state index contributed by atoms with van der Waals surface area (Å²) in [5, 5.41) is 9.14. The molecule has 0 aliphatic carbocycles. The Labute approximate surface area is 219 Å². The highest BCUT2D eigenvalue weighted by atomic mass is 32.9. The van der Waals surface area contributed by atoms with Crippen LogP contribution in [-0.4, -0.2) is 30.9 Å². The molecule has 5 nitrogen and oxygen atoms in total. The average molecular weight is 531 g/mol. The summed E-state index contributed by atoms with van der Waals surface area (Å²) in [5.41, 5.74) is 1.66. The highest BCUT2D eigenvalue weighted by Gasteiger charge is 2.14. The highest BCUT2D eigenvalue weighted by Crippen LogP contribution is 2.32. The third-order valence-electron chi connectivity index (χ3n) is 5.48. The van der Waals surface area contributed by atoms with Gasteiger partial charge in [-0.05, 0) is 72.9 Å². The molecule has 0 radical (unpaired) electrons. The van der Waals surface area contributed by atoms with Crippen LogP contribution in [-0.2, 0) is 4.79 Å². The Morgan fingerprint density at radius 3 is 2.43 bits per heavy atom. The van der Waals surface area contributed by atoms with E-state index in [4.69, 9.17) is 31.5 Å². The van der Waals surface area contributed by atoms with Gasteiger partial charge in [-0.15, -0.1) is 0 Å². The van der Waals surface area contributed by atoms with E-state index in [1.807, 2.05) is 18.2 Å². The second-order valence-corrected chi connectivity index (χ2v) is 11.0. The monoisotopic (exact) mass is 530 g/mol. The van der Waals surface area contributed by atoms with E-state index in [0.717, 1.165) is 47.2 Å². The summed E-state index contributed by atoms with van der Waals surface area (Å²) in [7, 11) is 4.84. The van der Waals surface area contributed by atoms with E-state index in [9.17, 15) is 4.79 Å². The maximum atomic E-state index is 11.2. The maximum absolute atomic E-state index is 11.2. The molecule has 0 aliphatic heterocycles. The van der Waals surface area contributed by atoms with Crippen LogP contribution in [0.1, 0.15) is 44.6 Å². The van der Waals surface area contributed by atoms with Gasteiger partial charge in [-0.3, -0.25) is 0 Å². The number of aliphatic carboxylic acids is 1. The highest BCUT2D eigenvalue weighted by molar-refractivity contribution is 7.80. The molecule has 1 atom stereocenters. The Balaban J connectivity index is 1.55. The molecule has 1 aromatic heterocycles. The lowest BCUT2D eigenvalue weighted by Crippen LogP contribution is -2.17. The van der Waals surface area contributed by atoms with Crippen molar-refractivity contribution in [1.82, 2.24) is 0 Å². The lowest BCUT2D eigenvalue weighted by molar-refractivity contribution is -0.130. The zero-order valence-corrected chi connectivity index (χ0v) is 22.4. The van der Waals surface area contributed by atoms with Crippen molar-refractivity contribution in [2.75, 3.05) is 13.7 Å². The van der Waals surface area contributed by atoms with Crippen LogP contribution in [0.3, 0.4) is 0 Å². The van der Waals surface area contributed by atoms with E-state index in [1.165, 1.54) is 12.0 Å². The second kappa shape index (κ2) is 13.4. The van der Waals surface area contributed by atoms with Crippen molar-refractivity contribution in [2.45, 2.75) is 45.1 Å². The molecule has 0 aliphatic rings. The number of benzene rings is 2. The molecule has 0 bridgehead atoms. The number of hydrogen-bond acceptors (Lipinski definition) is 7. The molecule has 0 amide bonds. The molecule has 8 heteroatoms. The van der Waals surface area contributed by atoms with Crippen LogP contribution < -0.4 is 14.2 Å². The lowest BCUT2D eigenvalue weighted by atomic mass is 10.1. The summed E-state index contributed by atoms with van der Waals surface area (Å²) in [4.78, 5) is 12.3. The number of carboxylic acid groups (broad SMARTS) is 1. The molecule has 0 spiro atoms. The minimum absolute atomic E-state index is 0.0138. The third-order valence-corrected chi connectivity index (χ3v) is 8.39. The smallest absolute Gasteiger partial charge is 0.335 e. The van der Waals surface area contributed by atoms with Gasteiger partial charge in [0.25, 0.3) is 0 Å². The SMILES string of the molecule is C=C(C(=O)O)c1ccc(OCCCC(CCCC)Oc2ccc(-c3cc(=S)ss3)cc2)c(OC)c1. The Bertz CT molecular complexity index is 1180. The van der Waals surface area contributed by atoms with Crippen molar-refractivity contribution in [3.63, 3.8) is 0 Å². The van der Waals surface area contributed by atoms with Gasteiger partial charge in [0.15, 0.2) is 11.5 Å². The number of ether oxygens (including phenoxy) is 3. The maximum Gasteiger partial charge on any atom is 0.335 e. The van der Waals surface area contributed by atoms with Crippen LogP contribution in [0, 0.1) is 3.82 Å². The van der Waals surface area contributed by atoms with Crippen LogP contribution in [0.5, 0.6) is 17.2 Å². The number of carbonyl (C=O) groups is 1. The number of methoxy groups -OCH3 is 1. The largest absolute Gasteiger partial charge is 0.493 e. The first-order valence-corrected chi connectivity index (χ1v) is 14.1. The number of hydrogen-bond donors (Lipinski definition) is 1. The Hall–Kier alpha value is -2.68. The molecule has 3 aromatic rings. The van der Waals surface area contributed by atoms with Crippen LogP contribution in [0.25, 0.3) is 16.0 Å². The number of carboxylic acids is 1. The molecule has 0 saturated carbocycles. The molecular formula is C27H30O5S3. The van der Waals surface area contributed by atoms with Gasteiger partial charge in [-0.2, -0.15) is 0 Å². The average Bonchev–Trinajstić information content (AvgIpc) is 3.31. The van der Waals surface area contributed by atoms with Gasteiger partial charge >= 0.3 is 5.97 Å². The number of unbranched alkanes of at least 4 members (excludes halogenated alkanes) is 1. The normalized spacial score (nSPS) is 11.6. The first-order valence-electron chi connectivity index (χ1n) is 11.5. The minimum atomic E-state index is -1.06. The Morgan fingerprint density at radius 2 is 1.80 bits per heavy atom. The van der Waals surface area contributed by atoms with Crippen molar-refractivity contribution in [3.8, 4) is 27.7 Å². The lowest BCUT2D eigenvalue weighted by Gasteiger charge is -2.20. The number of rotatable bonds is 14. The Morgan fingerprint density at radius 1 is 1.06 bits per heavy atom. The summed E-state index contributed by atoms with van der Waals surface area (Å²) >= 11 is 5.24. The zero-order chi connectivity index (χ0) is 25.2. The molecular weight excluding hydrogens is 500 g/mol. The summed E-state index contributed by atoms with van der Waals surface area (Å²) < 4.78 is 18.5. The predicted molar refractivity (Wildman–Crippen MR) is 147 cm³/mol. The van der Waals surface area contributed by atoms with E-state index in [1.54, 1.807) is 38.9 Å². The van der Waals surface area contributed by atoms with Crippen LogP contribution in [0.15, 0.2) is 55.1 Å². The van der Waals surface area contributed by atoms with Crippen molar-refractivity contribution in [1.29, 1.82) is 0 Å². The van der Waals surface area contributed by atoms with Crippen LogP contribution in [0.2, 0.25) is 0 Å². The quantitative estimate of drug-likeness (QED) is 0.0983. The molecule has 1 N–H and O–H groups in total. The molecule has 1 heterocycles. The van der Waals surface area contributed by atoms with Gasteiger partial charge in [0.1, 0.15) is 9.57 Å². The van der Waals surface area contributed by atoms with Crippen molar-refractivity contribution >= 4 is 44.4 Å². The summed E-state index contributed by atoms with van der Waals surface area (Å²) in [6.45, 7) is 6.27. The molecule has 35 heavy (non-hydrogen) atoms. The standard InChI is InChI=1S/C27H30O5S3/c1-4-5-7-21(32-22-12-9-19(10-13-22)25-17-26(33)35-34-25)8-6-15-31-23-14-11-20(16-24(23)30-3)18(2)27(28)29/h9-14,16-17,21H,2,4-8,15H2,1,3H3,(H,28,29). The van der Waals surface area contributed by atoms with E-state index < -0.39 is 5.97 Å². The first kappa shape index (κ1) is 26.9. The summed E-state index contributed by atoms with van der Waals surface area (Å²) in [6, 6.07) is 15.3. The minimum Gasteiger partial charge on any atom is -0.493 e. The van der Waals surface area contributed by atoms with Crippen LogP contribution in [0.4, 0.5) is 0 Å². The van der Waals surface area contributed by atoms with Crippen LogP contribution >= 0.6 is 32.9 Å². The van der Waals surface area contributed by atoms with Gasteiger partial charge in [0.2, 0.25) is 0 Å². The van der Waals surface area contributed by atoms with Gasteiger partial charge in [0.05, 0.1) is 25.4 Å². The fourth-order valence-corrected chi connectivity index (χ4v) is 5.95. The molecule has 1 unspecified atom stereocenters. The molecule has 0 fully saturated rings. The van der Waals surface area contributed by atoms with E-state index >= 15 is 0 Å². The van der Waals surface area contributed by atoms with Crippen molar-refractivity contribution < 1.29 is 24.1 Å². The van der Waals surface area contributed by atoms with E-state index in [-0.39, 0.29) is 11.7 Å². The fourth-order valence-electron chi connectivity index (χ4n) is 3.55. The molecule has 0 saturated heterocycles. The second-order valence-electron chi connectivity index (χ2n) is 8.04. The molecule has 2 aromatic carbocycles. The first-order chi connectivity index (χ1) is 16.9. The predicted octanol–water partition coefficient (Wildman–Crippen LogP) is 8.11. The van der Waals surface area contributed by atoms with Gasteiger partial charge in [-0.25, -0.2) is 4.79 Å². The van der Waals surface area contributed by atoms with Crippen molar-refractivity contribution in [2.24, 2.45) is 0 Å². The third kappa shape index (κ3) is 7.92. The van der Waals surface area contributed by atoms with E-state index in [0.29, 0.717) is 23.7 Å². The topological polar surface area (TPSA) is 65.0 Å². The summed E-state index contributed by atoms with van der Waals surface area (Å²) in [6.07, 6.45) is 4.99. The van der Waals surface area contributed by atoms with Gasteiger partial charge in [0, 0.05) is 4.88 Å².